The second kappa shape index (κ2) is 6.89. The fourth-order valence-electron chi connectivity index (χ4n) is 3.02. The molecule has 0 amide bonds. The molecule has 0 unspecified atom stereocenters. The molecule has 5 nitrogen and oxygen atoms in total. The van der Waals surface area contributed by atoms with Crippen molar-refractivity contribution in [1.29, 1.82) is 0 Å². The summed E-state index contributed by atoms with van der Waals surface area (Å²) >= 11 is 0. The first-order valence-corrected chi connectivity index (χ1v) is 8.05. The fraction of sp³-hybridized carbons (Fsp3) is 0.625. The van der Waals surface area contributed by atoms with Gasteiger partial charge in [-0.15, -0.1) is 0 Å². The minimum atomic E-state index is 0.625. The van der Waals surface area contributed by atoms with Gasteiger partial charge in [0.25, 0.3) is 0 Å². The van der Waals surface area contributed by atoms with Gasteiger partial charge in [-0.1, -0.05) is 19.3 Å². The quantitative estimate of drug-likeness (QED) is 0.831. The van der Waals surface area contributed by atoms with Gasteiger partial charge in [0.2, 0.25) is 0 Å². The predicted octanol–water partition coefficient (Wildman–Crippen LogP) is 2.68. The smallest absolute Gasteiger partial charge is 0.0762 e. The monoisotopic (exact) mass is 287 g/mol. The Labute approximate surface area is 126 Å². The van der Waals surface area contributed by atoms with Crippen molar-refractivity contribution in [2.24, 2.45) is 0 Å². The maximum absolute atomic E-state index is 4.71. The Morgan fingerprint density at radius 2 is 2.14 bits per heavy atom. The van der Waals surface area contributed by atoms with Gasteiger partial charge in [0.05, 0.1) is 24.5 Å². The van der Waals surface area contributed by atoms with Crippen molar-refractivity contribution in [3.63, 3.8) is 0 Å². The summed E-state index contributed by atoms with van der Waals surface area (Å²) in [5, 5.41) is 12.4. The van der Waals surface area contributed by atoms with Gasteiger partial charge >= 0.3 is 0 Å². The van der Waals surface area contributed by atoms with Crippen molar-refractivity contribution < 1.29 is 0 Å². The Balaban J connectivity index is 1.42. The van der Waals surface area contributed by atoms with Crippen LogP contribution < -0.4 is 5.32 Å². The van der Waals surface area contributed by atoms with Gasteiger partial charge < -0.3 is 5.32 Å². The van der Waals surface area contributed by atoms with E-state index in [1.54, 1.807) is 0 Å². The van der Waals surface area contributed by atoms with Crippen LogP contribution in [0.1, 0.15) is 49.4 Å². The van der Waals surface area contributed by atoms with Crippen molar-refractivity contribution in [2.75, 3.05) is 6.54 Å². The third kappa shape index (κ3) is 3.94. The average molecular weight is 287 g/mol. The number of rotatable bonds is 6. The molecule has 0 aromatic carbocycles. The highest BCUT2D eigenvalue weighted by Crippen LogP contribution is 2.27. The lowest BCUT2D eigenvalue weighted by Crippen LogP contribution is -2.20. The largest absolute Gasteiger partial charge is 0.309 e. The molecule has 1 saturated carbocycles. The number of aromatic nitrogens is 4. The third-order valence-electron chi connectivity index (χ3n) is 4.20. The molecule has 0 spiro atoms. The van der Waals surface area contributed by atoms with Crippen LogP contribution in [-0.2, 0) is 13.1 Å². The summed E-state index contributed by atoms with van der Waals surface area (Å²) in [6, 6.07) is 2.76. The molecule has 0 saturated heterocycles. The van der Waals surface area contributed by atoms with Crippen molar-refractivity contribution in [3.8, 4) is 0 Å². The highest BCUT2D eigenvalue weighted by atomic mass is 15.3. The Morgan fingerprint density at radius 3 is 2.90 bits per heavy atom. The highest BCUT2D eigenvalue weighted by Gasteiger charge is 2.15. The molecule has 1 aliphatic carbocycles. The van der Waals surface area contributed by atoms with E-state index in [1.165, 1.54) is 37.7 Å². The molecule has 2 heterocycles. The van der Waals surface area contributed by atoms with Gasteiger partial charge in [-0.25, -0.2) is 0 Å². The van der Waals surface area contributed by atoms with Crippen LogP contribution in [-0.4, -0.2) is 26.1 Å². The summed E-state index contributed by atoms with van der Waals surface area (Å²) in [5.74, 6) is 0. The maximum atomic E-state index is 4.71. The molecule has 2 aromatic heterocycles. The van der Waals surface area contributed by atoms with Crippen LogP contribution in [0.4, 0.5) is 0 Å². The van der Waals surface area contributed by atoms with Crippen LogP contribution in [0.2, 0.25) is 0 Å². The van der Waals surface area contributed by atoms with Gasteiger partial charge in [-0.3, -0.25) is 9.36 Å². The van der Waals surface area contributed by atoms with Crippen molar-refractivity contribution in [2.45, 2.75) is 58.2 Å². The van der Waals surface area contributed by atoms with Crippen molar-refractivity contribution in [3.05, 3.63) is 35.9 Å². The van der Waals surface area contributed by atoms with Gasteiger partial charge in [-0.2, -0.15) is 10.2 Å². The standard InChI is InChI=1S/C16H25N5/c1-14-11-18-20(13-14)10-8-17-12-15-7-9-21(19-15)16-5-3-2-4-6-16/h7,9,11,13,16-17H,2-6,8,10,12H2,1H3. The minimum Gasteiger partial charge on any atom is -0.309 e. The highest BCUT2D eigenvalue weighted by molar-refractivity contribution is 5.00. The zero-order valence-corrected chi connectivity index (χ0v) is 12.8. The zero-order valence-electron chi connectivity index (χ0n) is 12.8. The summed E-state index contributed by atoms with van der Waals surface area (Å²) in [6.07, 6.45) is 12.8. The zero-order chi connectivity index (χ0) is 14.5. The summed E-state index contributed by atoms with van der Waals surface area (Å²) in [5.41, 5.74) is 2.35. The molecule has 2 aromatic rings. The Bertz CT molecular complexity index is 551. The maximum Gasteiger partial charge on any atom is 0.0762 e. The van der Waals surface area contributed by atoms with Gasteiger partial charge in [0.1, 0.15) is 0 Å². The summed E-state index contributed by atoms with van der Waals surface area (Å²) < 4.78 is 4.15. The molecule has 0 aliphatic heterocycles. The molecular formula is C16H25N5. The second-order valence-electron chi connectivity index (χ2n) is 6.04. The molecule has 0 radical (unpaired) electrons. The number of hydrogen-bond acceptors (Lipinski definition) is 3. The van der Waals surface area contributed by atoms with Crippen LogP contribution >= 0.6 is 0 Å². The van der Waals surface area contributed by atoms with Crippen LogP contribution in [0.25, 0.3) is 0 Å². The van der Waals surface area contributed by atoms with Gasteiger partial charge in [0.15, 0.2) is 0 Å². The molecule has 1 aliphatic rings. The molecule has 3 rings (SSSR count). The Kier molecular flexibility index (Phi) is 4.70. The molecule has 0 bridgehead atoms. The van der Waals surface area contributed by atoms with E-state index in [2.05, 4.69) is 40.5 Å². The van der Waals surface area contributed by atoms with E-state index in [9.17, 15) is 0 Å². The second-order valence-corrected chi connectivity index (χ2v) is 6.04. The third-order valence-corrected chi connectivity index (χ3v) is 4.20. The van der Waals surface area contributed by atoms with Crippen molar-refractivity contribution >= 4 is 0 Å². The topological polar surface area (TPSA) is 47.7 Å². The molecule has 114 valence electrons. The van der Waals surface area contributed by atoms with Crippen LogP contribution in [0.3, 0.4) is 0 Å². The number of aryl methyl sites for hydroxylation is 1. The number of nitrogens with zero attached hydrogens (tertiary/aromatic N) is 4. The van der Waals surface area contributed by atoms with Crippen molar-refractivity contribution in [1.82, 2.24) is 24.9 Å². The summed E-state index contributed by atoms with van der Waals surface area (Å²) in [7, 11) is 0. The van der Waals surface area contributed by atoms with E-state index in [1.807, 2.05) is 10.9 Å². The molecule has 0 atom stereocenters. The van der Waals surface area contributed by atoms with E-state index < -0.39 is 0 Å². The lowest BCUT2D eigenvalue weighted by Gasteiger charge is -2.21. The SMILES string of the molecule is Cc1cnn(CCNCc2ccn(C3CCCCC3)n2)c1. The first-order chi connectivity index (χ1) is 10.3. The molecule has 1 fully saturated rings. The summed E-state index contributed by atoms with van der Waals surface area (Å²) in [4.78, 5) is 0. The fourth-order valence-corrected chi connectivity index (χ4v) is 3.02. The van der Waals surface area contributed by atoms with E-state index in [-0.39, 0.29) is 0 Å². The van der Waals surface area contributed by atoms with Gasteiger partial charge in [0, 0.05) is 25.5 Å². The van der Waals surface area contributed by atoms with Gasteiger partial charge in [-0.05, 0) is 31.4 Å². The average Bonchev–Trinajstić information content (AvgIpc) is 3.14. The predicted molar refractivity (Wildman–Crippen MR) is 83.0 cm³/mol. The minimum absolute atomic E-state index is 0.625. The van der Waals surface area contributed by atoms with Crippen LogP contribution in [0.5, 0.6) is 0 Å². The normalized spacial score (nSPS) is 16.4. The van der Waals surface area contributed by atoms with E-state index in [0.717, 1.165) is 25.3 Å². The summed E-state index contributed by atoms with van der Waals surface area (Å²) in [6.45, 7) is 4.71. The van der Waals surface area contributed by atoms with E-state index in [4.69, 9.17) is 5.10 Å². The Hall–Kier alpha value is -1.62. The first-order valence-electron chi connectivity index (χ1n) is 8.05. The molecule has 21 heavy (non-hydrogen) atoms. The molecular weight excluding hydrogens is 262 g/mol. The first kappa shape index (κ1) is 14.3. The van der Waals surface area contributed by atoms with Crippen LogP contribution in [0.15, 0.2) is 24.7 Å². The van der Waals surface area contributed by atoms with E-state index >= 15 is 0 Å². The molecule has 1 N–H and O–H groups in total. The van der Waals surface area contributed by atoms with Crippen LogP contribution in [0, 0.1) is 6.92 Å². The number of nitrogens with one attached hydrogen (secondary N) is 1. The van der Waals surface area contributed by atoms with E-state index in [0.29, 0.717) is 6.04 Å². The lowest BCUT2D eigenvalue weighted by molar-refractivity contribution is 0.327. The molecule has 5 heteroatoms. The number of hydrogen-bond donors (Lipinski definition) is 1. The Morgan fingerprint density at radius 1 is 1.29 bits per heavy atom. The lowest BCUT2D eigenvalue weighted by atomic mass is 9.96.